The zero-order valence-corrected chi connectivity index (χ0v) is 14.7. The van der Waals surface area contributed by atoms with Gasteiger partial charge in [0.1, 0.15) is 5.75 Å². The van der Waals surface area contributed by atoms with Gasteiger partial charge in [-0.05, 0) is 37.7 Å². The predicted octanol–water partition coefficient (Wildman–Crippen LogP) is 2.81. The number of piperidine rings is 1. The summed E-state index contributed by atoms with van der Waals surface area (Å²) in [6.45, 7) is 2.14. The van der Waals surface area contributed by atoms with Crippen molar-refractivity contribution in [2.75, 3.05) is 38.3 Å². The number of nitrogens with zero attached hydrogens (tertiary/aromatic N) is 1. The van der Waals surface area contributed by atoms with Crippen LogP contribution in [0.2, 0.25) is 0 Å². The van der Waals surface area contributed by atoms with E-state index in [0.717, 1.165) is 37.3 Å². The van der Waals surface area contributed by atoms with Crippen molar-refractivity contribution in [2.45, 2.75) is 25.7 Å². The van der Waals surface area contributed by atoms with Crippen molar-refractivity contribution < 1.29 is 14.6 Å². The van der Waals surface area contributed by atoms with Crippen molar-refractivity contribution in [3.05, 3.63) is 30.3 Å². The van der Waals surface area contributed by atoms with E-state index in [1.807, 2.05) is 41.5 Å². The molecule has 2 rings (SSSR count). The van der Waals surface area contributed by atoms with Gasteiger partial charge in [-0.25, -0.2) is 0 Å². The minimum atomic E-state index is -0.220. The van der Waals surface area contributed by atoms with E-state index in [4.69, 9.17) is 4.74 Å². The first kappa shape index (κ1) is 18.1. The predicted molar refractivity (Wildman–Crippen MR) is 94.9 cm³/mol. The number of amides is 1. The molecule has 1 heterocycles. The number of benzene rings is 1. The molecular formula is C18H27NO3S. The Labute approximate surface area is 143 Å². The average molecular weight is 337 g/mol. The fraction of sp³-hybridized carbons (Fsp3) is 0.611. The van der Waals surface area contributed by atoms with E-state index < -0.39 is 0 Å². The lowest BCUT2D eigenvalue weighted by Gasteiger charge is -2.42. The third kappa shape index (κ3) is 5.43. The third-order valence-corrected chi connectivity index (χ3v) is 5.13. The lowest BCUT2D eigenvalue weighted by molar-refractivity contribution is -0.135. The molecule has 1 aromatic carbocycles. The molecule has 0 radical (unpaired) electrons. The molecule has 5 heteroatoms. The molecule has 1 saturated heterocycles. The highest BCUT2D eigenvalue weighted by Gasteiger charge is 2.36. The second kappa shape index (κ2) is 9.18. The van der Waals surface area contributed by atoms with Crippen LogP contribution < -0.4 is 4.74 Å². The number of carbonyl (C=O) groups excluding carboxylic acids is 1. The van der Waals surface area contributed by atoms with Crippen molar-refractivity contribution in [1.29, 1.82) is 0 Å². The molecule has 1 aliphatic heterocycles. The molecule has 0 saturated carbocycles. The fourth-order valence-corrected chi connectivity index (χ4v) is 3.46. The Bertz CT molecular complexity index is 482. The van der Waals surface area contributed by atoms with Gasteiger partial charge in [0.25, 0.3) is 0 Å². The topological polar surface area (TPSA) is 49.8 Å². The van der Waals surface area contributed by atoms with Crippen LogP contribution in [0.15, 0.2) is 30.3 Å². The number of hydrogen-bond donors (Lipinski definition) is 1. The van der Waals surface area contributed by atoms with Crippen LogP contribution in [0, 0.1) is 5.41 Å². The molecule has 1 aromatic rings. The number of rotatable bonds is 8. The monoisotopic (exact) mass is 337 g/mol. The highest BCUT2D eigenvalue weighted by atomic mass is 32.2. The zero-order chi connectivity index (χ0) is 16.5. The first-order valence-electron chi connectivity index (χ1n) is 8.24. The molecule has 0 spiro atoms. The molecule has 1 atom stereocenters. The number of likely N-dealkylation sites (tertiary alicyclic amines) is 1. The molecule has 23 heavy (non-hydrogen) atoms. The van der Waals surface area contributed by atoms with Crippen LogP contribution in [-0.4, -0.2) is 54.2 Å². The van der Waals surface area contributed by atoms with E-state index in [9.17, 15) is 9.90 Å². The van der Waals surface area contributed by atoms with Crippen LogP contribution in [0.1, 0.15) is 25.7 Å². The van der Waals surface area contributed by atoms with E-state index >= 15 is 0 Å². The molecule has 1 aliphatic rings. The largest absolute Gasteiger partial charge is 0.494 e. The number of thioether (sulfide) groups is 1. The summed E-state index contributed by atoms with van der Waals surface area (Å²) < 4.78 is 5.78. The van der Waals surface area contributed by atoms with Gasteiger partial charge in [0.15, 0.2) is 0 Å². The number of carbonyl (C=O) groups is 1. The molecule has 0 aromatic heterocycles. The van der Waals surface area contributed by atoms with Crippen LogP contribution in [0.5, 0.6) is 5.75 Å². The Balaban J connectivity index is 1.87. The summed E-state index contributed by atoms with van der Waals surface area (Å²) in [5.41, 5.74) is -0.220. The van der Waals surface area contributed by atoms with Gasteiger partial charge in [0, 0.05) is 30.7 Å². The minimum Gasteiger partial charge on any atom is -0.494 e. The van der Waals surface area contributed by atoms with E-state index in [1.54, 1.807) is 11.8 Å². The lowest BCUT2D eigenvalue weighted by atomic mass is 9.78. The summed E-state index contributed by atoms with van der Waals surface area (Å²) in [6, 6.07) is 9.73. The average Bonchev–Trinajstić information content (AvgIpc) is 2.61. The van der Waals surface area contributed by atoms with Crippen molar-refractivity contribution in [2.24, 2.45) is 5.41 Å². The zero-order valence-electron chi connectivity index (χ0n) is 13.9. The Hall–Kier alpha value is -1.20. The summed E-state index contributed by atoms with van der Waals surface area (Å²) in [5.74, 6) is 1.92. The van der Waals surface area contributed by atoms with Crippen molar-refractivity contribution in [3.63, 3.8) is 0 Å². The van der Waals surface area contributed by atoms with Crippen LogP contribution in [-0.2, 0) is 4.79 Å². The smallest absolute Gasteiger partial charge is 0.223 e. The standard InChI is InChI=1S/C18H27NO3S/c1-23-13-8-17(21)19-11-5-9-18(14-19,15-20)10-12-22-16-6-3-2-4-7-16/h2-4,6-7,20H,5,8-15H2,1H3/t18-/m0/s1. The SMILES string of the molecule is CSCCC(=O)N1CCC[C@](CO)(CCOc2ccccc2)C1. The number of para-hydroxylation sites is 1. The van der Waals surface area contributed by atoms with Gasteiger partial charge in [-0.2, -0.15) is 11.8 Å². The minimum absolute atomic E-state index is 0.109. The second-order valence-corrected chi connectivity index (χ2v) is 7.22. The van der Waals surface area contributed by atoms with Crippen molar-refractivity contribution in [1.82, 2.24) is 4.90 Å². The Morgan fingerprint density at radius 3 is 2.87 bits per heavy atom. The summed E-state index contributed by atoms with van der Waals surface area (Å²) in [6.07, 6.45) is 5.28. The lowest BCUT2D eigenvalue weighted by Crippen LogP contribution is -2.48. The fourth-order valence-electron chi connectivity index (χ4n) is 3.08. The molecule has 1 N–H and O–H groups in total. The van der Waals surface area contributed by atoms with Gasteiger partial charge >= 0.3 is 0 Å². The summed E-state index contributed by atoms with van der Waals surface area (Å²) >= 11 is 1.69. The summed E-state index contributed by atoms with van der Waals surface area (Å²) in [4.78, 5) is 14.2. The van der Waals surface area contributed by atoms with E-state index in [0.29, 0.717) is 19.6 Å². The number of hydrogen-bond acceptors (Lipinski definition) is 4. The van der Waals surface area contributed by atoms with E-state index in [2.05, 4.69) is 0 Å². The number of ether oxygens (including phenoxy) is 1. The first-order valence-corrected chi connectivity index (χ1v) is 9.64. The van der Waals surface area contributed by atoms with E-state index in [-0.39, 0.29) is 17.9 Å². The molecule has 0 unspecified atom stereocenters. The Morgan fingerprint density at radius 1 is 1.39 bits per heavy atom. The third-order valence-electron chi connectivity index (χ3n) is 4.51. The Kier molecular flexibility index (Phi) is 7.24. The molecule has 128 valence electrons. The van der Waals surface area contributed by atoms with Gasteiger partial charge in [0.2, 0.25) is 5.91 Å². The van der Waals surface area contributed by atoms with Gasteiger partial charge in [-0.15, -0.1) is 0 Å². The molecule has 1 fully saturated rings. The molecule has 0 bridgehead atoms. The van der Waals surface area contributed by atoms with E-state index in [1.165, 1.54) is 0 Å². The van der Waals surface area contributed by atoms with Crippen LogP contribution in [0.25, 0.3) is 0 Å². The molecule has 4 nitrogen and oxygen atoms in total. The van der Waals surface area contributed by atoms with Crippen LogP contribution in [0.3, 0.4) is 0 Å². The summed E-state index contributed by atoms with van der Waals surface area (Å²) in [7, 11) is 0. The molecule has 1 amide bonds. The maximum absolute atomic E-state index is 12.3. The Morgan fingerprint density at radius 2 is 2.17 bits per heavy atom. The number of aliphatic hydroxyl groups is 1. The van der Waals surface area contributed by atoms with Gasteiger partial charge in [0.05, 0.1) is 13.2 Å². The first-order chi connectivity index (χ1) is 11.2. The summed E-state index contributed by atoms with van der Waals surface area (Å²) in [5, 5.41) is 9.92. The maximum atomic E-state index is 12.3. The highest BCUT2D eigenvalue weighted by Crippen LogP contribution is 2.33. The van der Waals surface area contributed by atoms with Crippen LogP contribution >= 0.6 is 11.8 Å². The van der Waals surface area contributed by atoms with Gasteiger partial charge in [-0.3, -0.25) is 4.79 Å². The highest BCUT2D eigenvalue weighted by molar-refractivity contribution is 7.98. The van der Waals surface area contributed by atoms with Crippen molar-refractivity contribution >= 4 is 17.7 Å². The molecule has 0 aliphatic carbocycles. The normalized spacial score (nSPS) is 21.2. The van der Waals surface area contributed by atoms with Gasteiger partial charge in [-0.1, -0.05) is 18.2 Å². The van der Waals surface area contributed by atoms with Crippen molar-refractivity contribution in [3.8, 4) is 5.75 Å². The second-order valence-electron chi connectivity index (χ2n) is 6.23. The maximum Gasteiger partial charge on any atom is 0.223 e. The van der Waals surface area contributed by atoms with Crippen LogP contribution in [0.4, 0.5) is 0 Å². The number of aliphatic hydroxyl groups excluding tert-OH is 1. The quantitative estimate of drug-likeness (QED) is 0.792. The molecular weight excluding hydrogens is 310 g/mol. The van der Waals surface area contributed by atoms with Gasteiger partial charge < -0.3 is 14.7 Å².